The van der Waals surface area contributed by atoms with Crippen LogP contribution in [0.2, 0.25) is 5.02 Å². The van der Waals surface area contributed by atoms with E-state index in [-0.39, 0.29) is 29.5 Å². The zero-order chi connectivity index (χ0) is 24.8. The Morgan fingerprint density at radius 2 is 1.63 bits per heavy atom. The Morgan fingerprint density at radius 3 is 2.31 bits per heavy atom. The number of amides is 1. The summed E-state index contributed by atoms with van der Waals surface area (Å²) in [6, 6.07) is 20.6. The number of methoxy groups -OCH3 is 1. The van der Waals surface area contributed by atoms with Crippen LogP contribution in [0.15, 0.2) is 83.3 Å². The van der Waals surface area contributed by atoms with Crippen LogP contribution < -0.4 is 19.5 Å². The number of nitrogens with zero attached hydrogens (tertiary/aromatic N) is 1. The second kappa shape index (κ2) is 10.6. The molecular weight excluding hydrogens is 476 g/mol. The van der Waals surface area contributed by atoms with Gasteiger partial charge in [-0.05, 0) is 60.7 Å². The van der Waals surface area contributed by atoms with Gasteiger partial charge in [-0.15, -0.1) is 0 Å². The Labute approximate surface area is 205 Å². The van der Waals surface area contributed by atoms with E-state index < -0.39 is 10.8 Å². The molecule has 178 valence electrons. The van der Waals surface area contributed by atoms with Crippen molar-refractivity contribution < 1.29 is 28.3 Å². The predicted octanol–water partition coefficient (Wildman–Crippen LogP) is 6.47. The lowest BCUT2D eigenvalue weighted by Gasteiger charge is -2.09. The van der Waals surface area contributed by atoms with Crippen molar-refractivity contribution in [1.29, 1.82) is 0 Å². The van der Waals surface area contributed by atoms with Gasteiger partial charge in [-0.2, -0.15) is 0 Å². The first kappa shape index (κ1) is 23.7. The molecule has 1 amide bonds. The van der Waals surface area contributed by atoms with E-state index in [0.717, 1.165) is 0 Å². The van der Waals surface area contributed by atoms with E-state index in [1.165, 1.54) is 24.3 Å². The molecule has 10 heteroatoms. The fourth-order valence-corrected chi connectivity index (χ4v) is 3.18. The summed E-state index contributed by atoms with van der Waals surface area (Å²) in [7, 11) is 1.58. The van der Waals surface area contributed by atoms with Crippen LogP contribution in [0.1, 0.15) is 16.3 Å². The van der Waals surface area contributed by atoms with Gasteiger partial charge in [0.2, 0.25) is 0 Å². The molecule has 0 aliphatic heterocycles. The maximum absolute atomic E-state index is 12.7. The van der Waals surface area contributed by atoms with Crippen LogP contribution in [-0.2, 0) is 6.61 Å². The molecule has 4 rings (SSSR count). The zero-order valence-electron chi connectivity index (χ0n) is 18.4. The predicted molar refractivity (Wildman–Crippen MR) is 129 cm³/mol. The number of non-ortho nitro benzene ring substituents is 1. The number of benzene rings is 3. The Bertz CT molecular complexity index is 1330. The van der Waals surface area contributed by atoms with Crippen molar-refractivity contribution in [2.45, 2.75) is 6.61 Å². The molecule has 0 aliphatic carbocycles. The molecule has 0 atom stereocenters. The molecule has 0 spiro atoms. The third-order valence-electron chi connectivity index (χ3n) is 4.74. The van der Waals surface area contributed by atoms with Gasteiger partial charge in [-0.3, -0.25) is 14.9 Å². The number of ether oxygens (including phenoxy) is 3. The molecule has 0 aliphatic rings. The fourth-order valence-electron chi connectivity index (χ4n) is 3.06. The first-order valence-corrected chi connectivity index (χ1v) is 10.7. The van der Waals surface area contributed by atoms with Crippen LogP contribution in [0.25, 0.3) is 0 Å². The molecule has 35 heavy (non-hydrogen) atoms. The molecule has 9 nitrogen and oxygen atoms in total. The number of carbonyl (C=O) groups excluding carboxylic acids is 1. The first-order chi connectivity index (χ1) is 16.9. The number of anilines is 1. The molecule has 4 aromatic rings. The quantitative estimate of drug-likeness (QED) is 0.209. The summed E-state index contributed by atoms with van der Waals surface area (Å²) in [4.78, 5) is 23.5. The fraction of sp³-hybridized carbons (Fsp3) is 0.0800. The Hall–Kier alpha value is -4.50. The molecule has 0 saturated carbocycles. The van der Waals surface area contributed by atoms with Crippen LogP contribution in [0.4, 0.5) is 11.4 Å². The summed E-state index contributed by atoms with van der Waals surface area (Å²) in [6.07, 6.45) is 0. The molecule has 0 saturated heterocycles. The van der Waals surface area contributed by atoms with Crippen LogP contribution in [0.5, 0.6) is 23.0 Å². The highest BCUT2D eigenvalue weighted by molar-refractivity contribution is 6.30. The summed E-state index contributed by atoms with van der Waals surface area (Å²) < 4.78 is 22.0. The third-order valence-corrected chi connectivity index (χ3v) is 4.99. The SMILES string of the molecule is COc1ccc(OCc2ccc(C(=O)Nc3cc(Oc4ccc(Cl)cc4)cc([N+](=O)[O-])c3)o2)cc1. The van der Waals surface area contributed by atoms with Crippen molar-refractivity contribution in [3.63, 3.8) is 0 Å². The number of halogens is 1. The van der Waals surface area contributed by atoms with Gasteiger partial charge in [0.05, 0.1) is 23.8 Å². The number of hydrogen-bond acceptors (Lipinski definition) is 7. The molecule has 3 aromatic carbocycles. The van der Waals surface area contributed by atoms with E-state index in [1.807, 2.05) is 0 Å². The molecule has 0 fully saturated rings. The van der Waals surface area contributed by atoms with Gasteiger partial charge in [-0.1, -0.05) is 11.6 Å². The average Bonchev–Trinajstić information content (AvgIpc) is 3.34. The highest BCUT2D eigenvalue weighted by atomic mass is 35.5. The maximum atomic E-state index is 12.7. The number of hydrogen-bond donors (Lipinski definition) is 1. The van der Waals surface area contributed by atoms with Crippen molar-refractivity contribution in [2.24, 2.45) is 0 Å². The zero-order valence-corrected chi connectivity index (χ0v) is 19.2. The van der Waals surface area contributed by atoms with Gasteiger partial charge < -0.3 is 23.9 Å². The third kappa shape index (κ3) is 6.30. The molecule has 0 unspecified atom stereocenters. The lowest BCUT2D eigenvalue weighted by atomic mass is 10.2. The minimum atomic E-state index is -0.585. The number of nitro benzene ring substituents is 1. The maximum Gasteiger partial charge on any atom is 0.291 e. The van der Waals surface area contributed by atoms with Crippen LogP contribution >= 0.6 is 11.6 Å². The van der Waals surface area contributed by atoms with E-state index >= 15 is 0 Å². The standard InChI is InChI=1S/C25H19ClN2O7/c1-32-19-6-8-20(9-7-19)33-15-22-10-11-24(35-22)25(29)27-17-12-18(28(30)31)14-23(13-17)34-21-4-2-16(26)3-5-21/h2-14H,15H2,1H3,(H,27,29). The number of nitro groups is 1. The molecular formula is C25H19ClN2O7. The molecule has 1 N–H and O–H groups in total. The van der Waals surface area contributed by atoms with Gasteiger partial charge in [0.25, 0.3) is 11.6 Å². The summed E-state index contributed by atoms with van der Waals surface area (Å²) >= 11 is 5.87. The summed E-state index contributed by atoms with van der Waals surface area (Å²) in [5.74, 6) is 1.78. The first-order valence-electron chi connectivity index (χ1n) is 10.3. The van der Waals surface area contributed by atoms with Crippen molar-refractivity contribution in [1.82, 2.24) is 0 Å². The van der Waals surface area contributed by atoms with Crippen molar-refractivity contribution >= 4 is 28.9 Å². The van der Waals surface area contributed by atoms with E-state index in [0.29, 0.717) is 28.0 Å². The average molecular weight is 495 g/mol. The van der Waals surface area contributed by atoms with Gasteiger partial charge in [-0.25, -0.2) is 0 Å². The number of rotatable bonds is 9. The van der Waals surface area contributed by atoms with Gasteiger partial charge >= 0.3 is 0 Å². The van der Waals surface area contributed by atoms with Crippen molar-refractivity contribution in [3.8, 4) is 23.0 Å². The van der Waals surface area contributed by atoms with E-state index in [4.69, 9.17) is 30.2 Å². The van der Waals surface area contributed by atoms with Gasteiger partial charge in [0.15, 0.2) is 5.76 Å². The van der Waals surface area contributed by atoms with Crippen LogP contribution in [0, 0.1) is 10.1 Å². The second-order valence-corrected chi connectivity index (χ2v) is 7.65. The highest BCUT2D eigenvalue weighted by Crippen LogP contribution is 2.30. The molecule has 1 aromatic heterocycles. The minimum Gasteiger partial charge on any atom is -0.497 e. The Kier molecular flexibility index (Phi) is 7.18. The van der Waals surface area contributed by atoms with Gasteiger partial charge in [0, 0.05) is 17.2 Å². The highest BCUT2D eigenvalue weighted by Gasteiger charge is 2.16. The molecule has 0 bridgehead atoms. The van der Waals surface area contributed by atoms with Crippen molar-refractivity contribution in [3.05, 3.63) is 106 Å². The molecule has 0 radical (unpaired) electrons. The van der Waals surface area contributed by atoms with E-state index in [2.05, 4.69) is 5.32 Å². The topological polar surface area (TPSA) is 113 Å². The summed E-state index contributed by atoms with van der Waals surface area (Å²) in [5, 5.41) is 14.5. The Morgan fingerprint density at radius 1 is 0.943 bits per heavy atom. The van der Waals surface area contributed by atoms with E-state index in [9.17, 15) is 14.9 Å². The summed E-state index contributed by atoms with van der Waals surface area (Å²) in [5.41, 5.74) is -0.0830. The van der Waals surface area contributed by atoms with Crippen molar-refractivity contribution in [2.75, 3.05) is 12.4 Å². The second-order valence-electron chi connectivity index (χ2n) is 7.21. The monoisotopic (exact) mass is 494 g/mol. The lowest BCUT2D eigenvalue weighted by Crippen LogP contribution is -2.11. The van der Waals surface area contributed by atoms with Crippen LogP contribution in [-0.4, -0.2) is 17.9 Å². The summed E-state index contributed by atoms with van der Waals surface area (Å²) in [6.45, 7) is 0.107. The largest absolute Gasteiger partial charge is 0.497 e. The smallest absolute Gasteiger partial charge is 0.291 e. The lowest BCUT2D eigenvalue weighted by molar-refractivity contribution is -0.384. The number of carbonyl (C=O) groups is 1. The Balaban J connectivity index is 1.43. The van der Waals surface area contributed by atoms with Gasteiger partial charge in [0.1, 0.15) is 35.4 Å². The van der Waals surface area contributed by atoms with Crippen LogP contribution in [0.3, 0.4) is 0 Å². The minimum absolute atomic E-state index is 0.0185. The normalized spacial score (nSPS) is 10.5. The number of nitrogens with one attached hydrogen (secondary N) is 1. The molecule has 1 heterocycles. The van der Waals surface area contributed by atoms with E-state index in [1.54, 1.807) is 61.7 Å². The number of furan rings is 1.